The topological polar surface area (TPSA) is 84.3 Å². The summed E-state index contributed by atoms with van der Waals surface area (Å²) >= 11 is 0. The molecule has 6 heteroatoms. The molecule has 1 unspecified atom stereocenters. The van der Waals surface area contributed by atoms with Crippen molar-refractivity contribution in [1.82, 2.24) is 0 Å². The van der Waals surface area contributed by atoms with Crippen molar-refractivity contribution in [1.29, 1.82) is 0 Å². The van der Waals surface area contributed by atoms with Crippen LogP contribution in [0.4, 0.5) is 17.1 Å². The number of nitrogens with zero attached hydrogens (tertiary/aromatic N) is 1. The van der Waals surface area contributed by atoms with Gasteiger partial charge in [-0.05, 0) is 36.6 Å². The first-order valence-electron chi connectivity index (χ1n) is 7.78. The first-order valence-corrected chi connectivity index (χ1v) is 7.78. The second kappa shape index (κ2) is 7.59. The minimum Gasteiger partial charge on any atom is -0.374 e. The number of hydrogen-bond donors (Lipinski definition) is 2. The van der Waals surface area contributed by atoms with Crippen LogP contribution in [-0.2, 0) is 4.79 Å². The molecule has 0 saturated carbocycles. The molecule has 24 heavy (non-hydrogen) atoms. The minimum absolute atomic E-state index is 0.0577. The maximum absolute atomic E-state index is 12.2. The van der Waals surface area contributed by atoms with Crippen molar-refractivity contribution in [3.05, 3.63) is 64.2 Å². The van der Waals surface area contributed by atoms with E-state index in [-0.39, 0.29) is 11.6 Å². The van der Waals surface area contributed by atoms with Crippen molar-refractivity contribution in [2.75, 3.05) is 10.6 Å². The van der Waals surface area contributed by atoms with Crippen molar-refractivity contribution < 1.29 is 9.72 Å². The predicted octanol–water partition coefficient (Wildman–Crippen LogP) is 4.16. The van der Waals surface area contributed by atoms with E-state index < -0.39 is 11.0 Å². The van der Waals surface area contributed by atoms with Gasteiger partial charge in [-0.15, -0.1) is 0 Å². The fourth-order valence-electron chi connectivity index (χ4n) is 2.23. The number of anilines is 2. The number of benzene rings is 2. The van der Waals surface area contributed by atoms with Crippen LogP contribution in [0.5, 0.6) is 0 Å². The van der Waals surface area contributed by atoms with E-state index in [2.05, 4.69) is 24.5 Å². The lowest BCUT2D eigenvalue weighted by Crippen LogP contribution is -2.31. The van der Waals surface area contributed by atoms with E-state index in [0.717, 1.165) is 5.69 Å². The third-order valence-electron chi connectivity index (χ3n) is 3.68. The third kappa shape index (κ3) is 4.55. The van der Waals surface area contributed by atoms with Gasteiger partial charge in [0, 0.05) is 23.5 Å². The van der Waals surface area contributed by atoms with Gasteiger partial charge in [-0.3, -0.25) is 14.9 Å². The highest BCUT2D eigenvalue weighted by molar-refractivity contribution is 5.96. The number of nitrogens with one attached hydrogen (secondary N) is 2. The maximum Gasteiger partial charge on any atom is 0.271 e. The summed E-state index contributed by atoms with van der Waals surface area (Å²) in [6.45, 7) is 5.98. The van der Waals surface area contributed by atoms with Gasteiger partial charge >= 0.3 is 0 Å². The molecule has 1 amide bonds. The van der Waals surface area contributed by atoms with Gasteiger partial charge in [0.2, 0.25) is 5.91 Å². The summed E-state index contributed by atoms with van der Waals surface area (Å²) < 4.78 is 0. The van der Waals surface area contributed by atoms with Crippen LogP contribution in [0.2, 0.25) is 0 Å². The Hall–Kier alpha value is -2.89. The van der Waals surface area contributed by atoms with Gasteiger partial charge in [0.25, 0.3) is 5.69 Å². The summed E-state index contributed by atoms with van der Waals surface area (Å²) in [6, 6.07) is 13.3. The van der Waals surface area contributed by atoms with Crippen LogP contribution in [0.15, 0.2) is 48.5 Å². The Bertz CT molecular complexity index is 727. The lowest BCUT2D eigenvalue weighted by atomic mass is 10.0. The summed E-state index contributed by atoms with van der Waals surface area (Å²) in [4.78, 5) is 22.5. The first kappa shape index (κ1) is 17.5. The molecule has 0 heterocycles. The zero-order valence-electron chi connectivity index (χ0n) is 13.9. The molecular formula is C18H21N3O3. The van der Waals surface area contributed by atoms with Gasteiger partial charge < -0.3 is 10.6 Å². The summed E-state index contributed by atoms with van der Waals surface area (Å²) in [6.07, 6.45) is 0. The Kier molecular flexibility index (Phi) is 5.52. The SMILES string of the molecule is CC(Nc1ccc(C(C)C)cc1)C(=O)Nc1cccc([N+](=O)[O-])c1. The van der Waals surface area contributed by atoms with Crippen LogP contribution in [0.1, 0.15) is 32.3 Å². The van der Waals surface area contributed by atoms with Crippen LogP contribution < -0.4 is 10.6 Å². The minimum atomic E-state index is -0.492. The molecule has 6 nitrogen and oxygen atoms in total. The van der Waals surface area contributed by atoms with Gasteiger partial charge in [-0.1, -0.05) is 32.0 Å². The number of non-ortho nitro benzene ring substituents is 1. The molecule has 0 aliphatic rings. The van der Waals surface area contributed by atoms with Crippen LogP contribution >= 0.6 is 0 Å². The van der Waals surface area contributed by atoms with Crippen LogP contribution in [0.25, 0.3) is 0 Å². The number of carbonyl (C=O) groups is 1. The van der Waals surface area contributed by atoms with E-state index in [0.29, 0.717) is 11.6 Å². The van der Waals surface area contributed by atoms with Gasteiger partial charge in [0.1, 0.15) is 6.04 Å². The van der Waals surface area contributed by atoms with Gasteiger partial charge in [-0.25, -0.2) is 0 Å². The fraction of sp³-hybridized carbons (Fsp3) is 0.278. The van der Waals surface area contributed by atoms with E-state index in [1.807, 2.05) is 24.3 Å². The largest absolute Gasteiger partial charge is 0.374 e. The number of rotatable bonds is 6. The molecule has 2 aromatic rings. The molecule has 0 fully saturated rings. The van der Waals surface area contributed by atoms with Crippen LogP contribution in [-0.4, -0.2) is 16.9 Å². The molecule has 0 spiro atoms. The molecule has 0 saturated heterocycles. The molecule has 1 atom stereocenters. The molecule has 0 aliphatic carbocycles. The Morgan fingerprint density at radius 3 is 2.29 bits per heavy atom. The molecular weight excluding hydrogens is 306 g/mol. The van der Waals surface area contributed by atoms with Crippen molar-refractivity contribution in [2.45, 2.75) is 32.7 Å². The summed E-state index contributed by atoms with van der Waals surface area (Å²) in [7, 11) is 0. The summed E-state index contributed by atoms with van der Waals surface area (Å²) in [5.74, 6) is 0.192. The third-order valence-corrected chi connectivity index (χ3v) is 3.68. The average Bonchev–Trinajstić information content (AvgIpc) is 2.55. The molecule has 126 valence electrons. The smallest absolute Gasteiger partial charge is 0.271 e. The summed E-state index contributed by atoms with van der Waals surface area (Å²) in [5.41, 5.74) is 2.42. The van der Waals surface area contributed by atoms with Gasteiger partial charge in [-0.2, -0.15) is 0 Å². The Morgan fingerprint density at radius 1 is 1.04 bits per heavy atom. The van der Waals surface area contributed by atoms with Crippen LogP contribution in [0, 0.1) is 10.1 Å². The van der Waals surface area contributed by atoms with Gasteiger partial charge in [0.05, 0.1) is 4.92 Å². The lowest BCUT2D eigenvalue weighted by molar-refractivity contribution is -0.384. The molecule has 0 radical (unpaired) electrons. The second-order valence-electron chi connectivity index (χ2n) is 5.94. The molecule has 0 bridgehead atoms. The molecule has 0 aliphatic heterocycles. The van der Waals surface area contributed by atoms with Crippen molar-refractivity contribution in [2.24, 2.45) is 0 Å². The molecule has 2 rings (SSSR count). The fourth-order valence-corrected chi connectivity index (χ4v) is 2.23. The normalized spacial score (nSPS) is 11.8. The van der Waals surface area contributed by atoms with Crippen molar-refractivity contribution in [3.8, 4) is 0 Å². The highest BCUT2D eigenvalue weighted by Crippen LogP contribution is 2.19. The molecule has 2 N–H and O–H groups in total. The predicted molar refractivity (Wildman–Crippen MR) is 95.3 cm³/mol. The monoisotopic (exact) mass is 327 g/mol. The van der Waals surface area contributed by atoms with Crippen molar-refractivity contribution >= 4 is 23.0 Å². The average molecular weight is 327 g/mol. The number of amides is 1. The van der Waals surface area contributed by atoms with E-state index in [4.69, 9.17) is 0 Å². The number of hydrogen-bond acceptors (Lipinski definition) is 4. The standard InChI is InChI=1S/C18H21N3O3/c1-12(2)14-7-9-15(10-8-14)19-13(3)18(22)20-16-5-4-6-17(11-16)21(23)24/h4-13,19H,1-3H3,(H,20,22). The highest BCUT2D eigenvalue weighted by Gasteiger charge is 2.14. The van der Waals surface area contributed by atoms with Crippen LogP contribution in [0.3, 0.4) is 0 Å². The number of nitro benzene ring substituents is 1. The Morgan fingerprint density at radius 2 is 1.71 bits per heavy atom. The first-order chi connectivity index (χ1) is 11.4. The number of carbonyl (C=O) groups excluding carboxylic acids is 1. The lowest BCUT2D eigenvalue weighted by Gasteiger charge is -2.16. The maximum atomic E-state index is 12.2. The van der Waals surface area contributed by atoms with E-state index in [1.165, 1.54) is 23.8 Å². The zero-order chi connectivity index (χ0) is 17.7. The van der Waals surface area contributed by atoms with E-state index in [9.17, 15) is 14.9 Å². The van der Waals surface area contributed by atoms with Gasteiger partial charge in [0.15, 0.2) is 0 Å². The molecule has 0 aromatic heterocycles. The summed E-state index contributed by atoms with van der Waals surface area (Å²) in [5, 5.41) is 16.6. The van der Waals surface area contributed by atoms with E-state index in [1.54, 1.807) is 13.0 Å². The number of nitro groups is 1. The Labute approximate surface area is 141 Å². The van der Waals surface area contributed by atoms with E-state index >= 15 is 0 Å². The second-order valence-corrected chi connectivity index (χ2v) is 5.94. The zero-order valence-corrected chi connectivity index (χ0v) is 13.9. The quantitative estimate of drug-likeness (QED) is 0.616. The Balaban J connectivity index is 1.99. The molecule has 2 aromatic carbocycles. The highest BCUT2D eigenvalue weighted by atomic mass is 16.6. The van der Waals surface area contributed by atoms with Crippen molar-refractivity contribution in [3.63, 3.8) is 0 Å².